The largest absolute Gasteiger partial charge is 0.328 e. The van der Waals surface area contributed by atoms with Gasteiger partial charge >= 0.3 is 0 Å². The van der Waals surface area contributed by atoms with E-state index in [4.69, 9.17) is 0 Å². The number of anilines is 1. The quantitative estimate of drug-likeness (QED) is 0.639. The minimum absolute atomic E-state index is 0.00809. The molecule has 3 rings (SSSR count). The summed E-state index contributed by atoms with van der Waals surface area (Å²) in [6.45, 7) is 0.415. The highest BCUT2D eigenvalue weighted by molar-refractivity contribution is 5.84. The Kier molecular flexibility index (Phi) is 3.26. The molecule has 2 aromatic rings. The third-order valence-electron chi connectivity index (χ3n) is 3.34. The number of non-ortho nitro benzene ring substituents is 2. The van der Waals surface area contributed by atoms with Crippen molar-refractivity contribution in [3.05, 3.63) is 68.3 Å². The molecule has 1 aliphatic rings. The molecule has 0 aromatic heterocycles. The lowest BCUT2D eigenvalue weighted by molar-refractivity contribution is -0.385. The van der Waals surface area contributed by atoms with Crippen LogP contribution in [0.2, 0.25) is 0 Å². The average molecular weight is 298 g/mol. The molecule has 0 saturated carbocycles. The number of fused-ring (bicyclic) bond motifs is 1. The molecule has 0 bridgehead atoms. The number of rotatable bonds is 3. The van der Waals surface area contributed by atoms with Crippen molar-refractivity contribution in [3.63, 3.8) is 0 Å². The van der Waals surface area contributed by atoms with Crippen LogP contribution in [0, 0.1) is 20.2 Å². The van der Waals surface area contributed by atoms with Crippen LogP contribution in [0.15, 0.2) is 47.5 Å². The first-order valence-corrected chi connectivity index (χ1v) is 6.37. The highest BCUT2D eigenvalue weighted by Gasteiger charge is 2.17. The predicted molar refractivity (Wildman–Crippen MR) is 80.5 cm³/mol. The summed E-state index contributed by atoms with van der Waals surface area (Å²) in [7, 11) is 0. The second kappa shape index (κ2) is 5.24. The van der Waals surface area contributed by atoms with Crippen molar-refractivity contribution in [1.29, 1.82) is 0 Å². The number of nitro benzene ring substituents is 2. The zero-order chi connectivity index (χ0) is 15.7. The molecule has 22 heavy (non-hydrogen) atoms. The molecule has 0 fully saturated rings. The monoisotopic (exact) mass is 298 g/mol. The average Bonchev–Trinajstić information content (AvgIpc) is 2.53. The lowest BCUT2D eigenvalue weighted by Crippen LogP contribution is -2.23. The molecule has 0 saturated heterocycles. The molecule has 0 N–H and O–H groups in total. The van der Waals surface area contributed by atoms with Gasteiger partial charge in [-0.25, -0.2) is 4.99 Å². The maximum atomic E-state index is 10.8. The van der Waals surface area contributed by atoms with Gasteiger partial charge in [0.15, 0.2) is 0 Å². The molecule has 2 aromatic carbocycles. The third-order valence-corrected chi connectivity index (χ3v) is 3.34. The Morgan fingerprint density at radius 3 is 2.23 bits per heavy atom. The Morgan fingerprint density at radius 1 is 0.955 bits per heavy atom. The molecule has 1 aliphatic heterocycles. The maximum Gasteiger partial charge on any atom is 0.269 e. The number of nitro groups is 2. The Morgan fingerprint density at radius 2 is 1.59 bits per heavy atom. The van der Waals surface area contributed by atoms with E-state index in [0.29, 0.717) is 12.2 Å². The van der Waals surface area contributed by atoms with Gasteiger partial charge in [0, 0.05) is 35.5 Å². The van der Waals surface area contributed by atoms with Crippen molar-refractivity contribution in [2.75, 3.05) is 4.90 Å². The van der Waals surface area contributed by atoms with Crippen LogP contribution in [0.5, 0.6) is 0 Å². The van der Waals surface area contributed by atoms with Gasteiger partial charge in [0.2, 0.25) is 0 Å². The van der Waals surface area contributed by atoms with E-state index in [-0.39, 0.29) is 11.4 Å². The van der Waals surface area contributed by atoms with Gasteiger partial charge < -0.3 is 4.90 Å². The van der Waals surface area contributed by atoms with E-state index in [0.717, 1.165) is 11.3 Å². The van der Waals surface area contributed by atoms with Gasteiger partial charge in [-0.2, -0.15) is 0 Å². The summed E-state index contributed by atoms with van der Waals surface area (Å²) >= 11 is 0. The summed E-state index contributed by atoms with van der Waals surface area (Å²) in [5.74, 6) is 0. The first kappa shape index (κ1) is 13.7. The van der Waals surface area contributed by atoms with Crippen LogP contribution in [-0.4, -0.2) is 16.2 Å². The van der Waals surface area contributed by atoms with Gasteiger partial charge in [-0.3, -0.25) is 20.2 Å². The zero-order valence-electron chi connectivity index (χ0n) is 11.2. The van der Waals surface area contributed by atoms with Crippen LogP contribution in [0.4, 0.5) is 22.7 Å². The van der Waals surface area contributed by atoms with Crippen molar-refractivity contribution in [2.45, 2.75) is 6.54 Å². The fourth-order valence-corrected chi connectivity index (χ4v) is 2.22. The van der Waals surface area contributed by atoms with Crippen LogP contribution in [-0.2, 0) is 6.54 Å². The number of hydrogen-bond donors (Lipinski definition) is 0. The first-order valence-electron chi connectivity index (χ1n) is 6.37. The van der Waals surface area contributed by atoms with Crippen LogP contribution in [0.25, 0.3) is 0 Å². The number of hydrogen-bond acceptors (Lipinski definition) is 6. The molecule has 110 valence electrons. The molecule has 0 amide bonds. The Balaban J connectivity index is 1.88. The van der Waals surface area contributed by atoms with E-state index in [1.807, 2.05) is 0 Å². The van der Waals surface area contributed by atoms with Gasteiger partial charge in [0.1, 0.15) is 0 Å². The van der Waals surface area contributed by atoms with Crippen LogP contribution in [0.1, 0.15) is 5.56 Å². The zero-order valence-corrected chi connectivity index (χ0v) is 11.2. The second-order valence-corrected chi connectivity index (χ2v) is 4.72. The fourth-order valence-electron chi connectivity index (χ4n) is 2.22. The van der Waals surface area contributed by atoms with Gasteiger partial charge in [0.05, 0.1) is 28.4 Å². The van der Waals surface area contributed by atoms with E-state index >= 15 is 0 Å². The van der Waals surface area contributed by atoms with Gasteiger partial charge in [-0.15, -0.1) is 0 Å². The van der Waals surface area contributed by atoms with Crippen LogP contribution < -0.4 is 4.90 Å². The standard InChI is InChI=1S/C14H10N4O4/c19-17(20)12-3-1-11(2-4-12)16-8-10-7-13(18(21)22)5-6-14(10)15-9-16/h1-7,9H,8H2. The van der Waals surface area contributed by atoms with Gasteiger partial charge in [-0.1, -0.05) is 0 Å². The van der Waals surface area contributed by atoms with E-state index in [1.54, 1.807) is 29.4 Å². The molecule has 1 heterocycles. The summed E-state index contributed by atoms with van der Waals surface area (Å²) in [6, 6.07) is 10.6. The van der Waals surface area contributed by atoms with Gasteiger partial charge in [-0.05, 0) is 18.2 Å². The summed E-state index contributed by atoms with van der Waals surface area (Å²) in [5.41, 5.74) is 2.17. The van der Waals surface area contributed by atoms with Crippen LogP contribution >= 0.6 is 0 Å². The summed E-state index contributed by atoms with van der Waals surface area (Å²) in [6.07, 6.45) is 1.61. The summed E-state index contributed by atoms with van der Waals surface area (Å²) in [5, 5.41) is 21.5. The van der Waals surface area contributed by atoms with Crippen molar-refractivity contribution in [1.82, 2.24) is 0 Å². The van der Waals surface area contributed by atoms with Crippen molar-refractivity contribution >= 4 is 29.1 Å². The first-order chi connectivity index (χ1) is 10.5. The second-order valence-electron chi connectivity index (χ2n) is 4.72. The van der Waals surface area contributed by atoms with Crippen molar-refractivity contribution < 1.29 is 9.85 Å². The van der Waals surface area contributed by atoms with Crippen molar-refractivity contribution in [3.8, 4) is 0 Å². The molecule has 8 heteroatoms. The predicted octanol–water partition coefficient (Wildman–Crippen LogP) is 3.18. The SMILES string of the molecule is O=[N+]([O-])c1ccc(N2C=Nc3ccc([N+](=O)[O-])cc3C2)cc1. The number of benzene rings is 2. The van der Waals surface area contributed by atoms with Gasteiger partial charge in [0.25, 0.3) is 11.4 Å². The summed E-state index contributed by atoms with van der Waals surface area (Å²) < 4.78 is 0. The number of nitrogens with zero attached hydrogens (tertiary/aromatic N) is 4. The molecule has 0 unspecified atom stereocenters. The van der Waals surface area contributed by atoms with E-state index in [2.05, 4.69) is 4.99 Å². The lowest BCUT2D eigenvalue weighted by Gasteiger charge is -2.24. The lowest BCUT2D eigenvalue weighted by atomic mass is 10.1. The van der Waals surface area contributed by atoms with E-state index in [9.17, 15) is 20.2 Å². The normalized spacial score (nSPS) is 12.8. The highest BCUT2D eigenvalue weighted by atomic mass is 16.6. The topological polar surface area (TPSA) is 102 Å². The molecule has 0 aliphatic carbocycles. The minimum atomic E-state index is -0.466. The van der Waals surface area contributed by atoms with Crippen LogP contribution in [0.3, 0.4) is 0 Å². The Bertz CT molecular complexity index is 786. The Hall–Kier alpha value is -3.29. The minimum Gasteiger partial charge on any atom is -0.328 e. The Labute approximate surface area is 124 Å². The van der Waals surface area contributed by atoms with Crippen molar-refractivity contribution in [2.24, 2.45) is 4.99 Å². The smallest absolute Gasteiger partial charge is 0.269 e. The highest BCUT2D eigenvalue weighted by Crippen LogP contribution is 2.30. The molecular formula is C14H10N4O4. The molecule has 0 spiro atoms. The molecule has 8 nitrogen and oxygen atoms in total. The third kappa shape index (κ3) is 2.49. The van der Waals surface area contributed by atoms with E-state index < -0.39 is 9.85 Å². The summed E-state index contributed by atoms with van der Waals surface area (Å²) in [4.78, 5) is 26.6. The number of aliphatic imine (C=N–C) groups is 1. The molecule has 0 atom stereocenters. The molecular weight excluding hydrogens is 288 g/mol. The van der Waals surface area contributed by atoms with E-state index in [1.165, 1.54) is 24.3 Å². The fraction of sp³-hybridized carbons (Fsp3) is 0.0714. The maximum absolute atomic E-state index is 10.8. The molecule has 0 radical (unpaired) electrons.